The van der Waals surface area contributed by atoms with Crippen molar-refractivity contribution < 1.29 is 0 Å². The van der Waals surface area contributed by atoms with Gasteiger partial charge in [-0.25, -0.2) is 0 Å². The van der Waals surface area contributed by atoms with Gasteiger partial charge >= 0.3 is 0 Å². The van der Waals surface area contributed by atoms with E-state index in [9.17, 15) is 0 Å². The molecule has 1 nitrogen and oxygen atoms in total. The van der Waals surface area contributed by atoms with E-state index >= 15 is 0 Å². The summed E-state index contributed by atoms with van der Waals surface area (Å²) in [5.41, 5.74) is 9.97. The first kappa shape index (κ1) is 17.5. The molecular weight excluding hydrogens is 350 g/mol. The lowest BCUT2D eigenvalue weighted by Crippen LogP contribution is -1.90. The van der Waals surface area contributed by atoms with Gasteiger partial charge in [-0.15, -0.1) is 0 Å². The van der Waals surface area contributed by atoms with E-state index < -0.39 is 0 Å². The minimum absolute atomic E-state index is 1.18. The second kappa shape index (κ2) is 7.10. The van der Waals surface area contributed by atoms with Crippen LogP contribution in [0.15, 0.2) is 91.0 Å². The van der Waals surface area contributed by atoms with E-state index in [0.717, 1.165) is 0 Å². The predicted octanol–water partition coefficient (Wildman–Crippen LogP) is 7.53. The van der Waals surface area contributed by atoms with Crippen LogP contribution in [-0.4, -0.2) is 4.98 Å². The van der Waals surface area contributed by atoms with Gasteiger partial charge in [-0.05, 0) is 59.4 Å². The summed E-state index contributed by atoms with van der Waals surface area (Å²) in [5.74, 6) is 0. The maximum absolute atomic E-state index is 3.67. The topological polar surface area (TPSA) is 15.8 Å². The molecule has 0 aliphatic carbocycles. The maximum Gasteiger partial charge on any atom is 0.0497 e. The average Bonchev–Trinajstić information content (AvgIpc) is 3.16. The van der Waals surface area contributed by atoms with E-state index in [1.165, 1.54) is 55.2 Å². The van der Waals surface area contributed by atoms with Gasteiger partial charge in [-0.2, -0.15) is 0 Å². The third-order valence-corrected chi connectivity index (χ3v) is 5.81. The highest BCUT2D eigenvalue weighted by Crippen LogP contribution is 2.37. The highest BCUT2D eigenvalue weighted by atomic mass is 14.7. The zero-order chi connectivity index (χ0) is 19.8. The quantitative estimate of drug-likeness (QED) is 0.315. The largest absolute Gasteiger partial charge is 0.354 e. The van der Waals surface area contributed by atoms with Gasteiger partial charge in [0.25, 0.3) is 0 Å². The number of hydrogen-bond acceptors (Lipinski definition) is 0. The fourth-order valence-electron chi connectivity index (χ4n) is 4.14. The summed E-state index contributed by atoms with van der Waals surface area (Å²) in [7, 11) is 0. The van der Waals surface area contributed by atoms with E-state index in [2.05, 4.69) is 116 Å². The number of fused-ring (bicyclic) bond motifs is 3. The van der Waals surface area contributed by atoms with Crippen LogP contribution >= 0.6 is 0 Å². The summed E-state index contributed by atoms with van der Waals surface area (Å²) in [6, 6.07) is 32.3. The molecule has 140 valence electrons. The van der Waals surface area contributed by atoms with Crippen molar-refractivity contribution >= 4 is 33.5 Å². The third-order valence-electron chi connectivity index (χ3n) is 5.81. The van der Waals surface area contributed by atoms with Crippen LogP contribution in [0.3, 0.4) is 0 Å². The molecule has 0 spiro atoms. The van der Waals surface area contributed by atoms with Gasteiger partial charge in [0.15, 0.2) is 0 Å². The normalized spacial score (nSPS) is 12.0. The van der Waals surface area contributed by atoms with Crippen LogP contribution in [0.1, 0.15) is 27.8 Å². The van der Waals surface area contributed by atoms with Crippen molar-refractivity contribution in [2.45, 2.75) is 13.8 Å². The molecule has 0 amide bonds. The van der Waals surface area contributed by atoms with Crippen LogP contribution in [-0.2, 0) is 0 Å². The van der Waals surface area contributed by atoms with Gasteiger partial charge in [-0.3, -0.25) is 0 Å². The summed E-state index contributed by atoms with van der Waals surface area (Å²) < 4.78 is 0. The lowest BCUT2D eigenvalue weighted by atomic mass is 9.92. The Labute approximate surface area is 171 Å². The van der Waals surface area contributed by atoms with Crippen molar-refractivity contribution in [1.82, 2.24) is 4.98 Å². The van der Waals surface area contributed by atoms with Crippen molar-refractivity contribution in [3.63, 3.8) is 0 Å². The monoisotopic (exact) mass is 373 g/mol. The second-order valence-corrected chi connectivity index (χ2v) is 7.62. The maximum atomic E-state index is 3.67. The summed E-state index contributed by atoms with van der Waals surface area (Å²) >= 11 is 0. The predicted molar refractivity (Wildman–Crippen MR) is 125 cm³/mol. The molecule has 0 saturated heterocycles. The molecule has 4 aromatic carbocycles. The molecule has 1 heterocycles. The Hall–Kier alpha value is -3.58. The molecule has 0 atom stereocenters. The van der Waals surface area contributed by atoms with Gasteiger partial charge in [0.2, 0.25) is 0 Å². The average molecular weight is 373 g/mol. The number of benzene rings is 4. The van der Waals surface area contributed by atoms with Crippen molar-refractivity contribution in [2.24, 2.45) is 0 Å². The SMILES string of the molecule is Cc1ccc2c([nH]c3cccc(/C(=C/c4ccccc4)c4ccccc4)c32)c1C. The molecule has 0 aliphatic rings. The first-order chi connectivity index (χ1) is 14.2. The first-order valence-corrected chi connectivity index (χ1v) is 10.1. The minimum atomic E-state index is 1.18. The first-order valence-electron chi connectivity index (χ1n) is 10.1. The third kappa shape index (κ3) is 3.05. The lowest BCUT2D eigenvalue weighted by molar-refractivity contribution is 1.35. The fraction of sp³-hybridized carbons (Fsp3) is 0.0714. The Morgan fingerprint density at radius 2 is 1.45 bits per heavy atom. The molecule has 0 unspecified atom stereocenters. The number of hydrogen-bond donors (Lipinski definition) is 1. The van der Waals surface area contributed by atoms with Gasteiger partial charge < -0.3 is 4.98 Å². The molecule has 0 saturated carbocycles. The zero-order valence-electron chi connectivity index (χ0n) is 16.7. The highest BCUT2D eigenvalue weighted by Gasteiger charge is 2.15. The van der Waals surface area contributed by atoms with E-state index in [0.29, 0.717) is 0 Å². The van der Waals surface area contributed by atoms with Crippen molar-refractivity contribution in [1.29, 1.82) is 0 Å². The van der Waals surface area contributed by atoms with Crippen molar-refractivity contribution in [2.75, 3.05) is 0 Å². The van der Waals surface area contributed by atoms with E-state index in [1.807, 2.05) is 0 Å². The van der Waals surface area contributed by atoms with Crippen LogP contribution in [0.4, 0.5) is 0 Å². The fourth-order valence-corrected chi connectivity index (χ4v) is 4.14. The molecule has 29 heavy (non-hydrogen) atoms. The summed E-state index contributed by atoms with van der Waals surface area (Å²) in [6.45, 7) is 4.37. The van der Waals surface area contributed by atoms with E-state index in [4.69, 9.17) is 0 Å². The van der Waals surface area contributed by atoms with Crippen LogP contribution in [0.25, 0.3) is 33.5 Å². The second-order valence-electron chi connectivity index (χ2n) is 7.62. The zero-order valence-corrected chi connectivity index (χ0v) is 16.7. The smallest absolute Gasteiger partial charge is 0.0497 e. The number of aromatic nitrogens is 1. The number of rotatable bonds is 3. The Balaban J connectivity index is 1.85. The Bertz CT molecular complexity index is 1340. The molecule has 0 fully saturated rings. The standard InChI is InChI=1S/C28H23N/c1-19-16-17-24-27-23(14-9-15-26(27)29-28(24)20(19)2)25(22-12-7-4-8-13-22)18-21-10-5-3-6-11-21/h3-18,29H,1-2H3/b25-18+. The molecule has 1 heteroatoms. The Kier molecular flexibility index (Phi) is 4.29. The van der Waals surface area contributed by atoms with Gasteiger partial charge in [0.1, 0.15) is 0 Å². The van der Waals surface area contributed by atoms with E-state index in [-0.39, 0.29) is 0 Å². The van der Waals surface area contributed by atoms with Crippen LogP contribution in [0, 0.1) is 13.8 Å². The number of aromatic amines is 1. The molecule has 1 aromatic heterocycles. The molecule has 1 N–H and O–H groups in total. The van der Waals surface area contributed by atoms with Gasteiger partial charge in [0.05, 0.1) is 0 Å². The summed E-state index contributed by atoms with van der Waals surface area (Å²) in [6.07, 6.45) is 2.30. The summed E-state index contributed by atoms with van der Waals surface area (Å²) in [4.78, 5) is 3.67. The number of nitrogens with one attached hydrogen (secondary N) is 1. The highest BCUT2D eigenvalue weighted by molar-refractivity contribution is 6.15. The molecule has 5 rings (SSSR count). The molecule has 5 aromatic rings. The Morgan fingerprint density at radius 3 is 2.21 bits per heavy atom. The van der Waals surface area contributed by atoms with Crippen molar-refractivity contribution in [3.8, 4) is 0 Å². The van der Waals surface area contributed by atoms with E-state index in [1.54, 1.807) is 0 Å². The summed E-state index contributed by atoms with van der Waals surface area (Å²) in [5, 5.41) is 2.57. The number of aryl methyl sites for hydroxylation is 2. The van der Waals surface area contributed by atoms with Crippen LogP contribution < -0.4 is 0 Å². The van der Waals surface area contributed by atoms with Gasteiger partial charge in [0, 0.05) is 21.8 Å². The molecular formula is C28H23N. The minimum Gasteiger partial charge on any atom is -0.354 e. The molecule has 0 bridgehead atoms. The number of H-pyrrole nitrogens is 1. The van der Waals surface area contributed by atoms with Crippen LogP contribution in [0.5, 0.6) is 0 Å². The van der Waals surface area contributed by atoms with Crippen molar-refractivity contribution in [3.05, 3.63) is 119 Å². The lowest BCUT2D eigenvalue weighted by Gasteiger charge is -2.11. The molecule has 0 aliphatic heterocycles. The molecule has 0 radical (unpaired) electrons. The Morgan fingerprint density at radius 1 is 0.724 bits per heavy atom. The van der Waals surface area contributed by atoms with Crippen LogP contribution in [0.2, 0.25) is 0 Å². The van der Waals surface area contributed by atoms with Gasteiger partial charge in [-0.1, -0.05) is 84.9 Å².